The summed E-state index contributed by atoms with van der Waals surface area (Å²) in [6.07, 6.45) is 10.9. The first-order valence-electron chi connectivity index (χ1n) is 10.4. The number of benzene rings is 1. The number of rotatable bonds is 6. The zero-order valence-electron chi connectivity index (χ0n) is 15.9. The van der Waals surface area contributed by atoms with Gasteiger partial charge >= 0.3 is 0 Å². The van der Waals surface area contributed by atoms with Gasteiger partial charge in [-0.05, 0) is 80.1 Å². The minimum absolute atomic E-state index is 0.266. The van der Waals surface area contributed by atoms with E-state index in [0.717, 1.165) is 31.2 Å². The maximum Gasteiger partial charge on any atom is 0.220 e. The van der Waals surface area contributed by atoms with Crippen LogP contribution in [0.5, 0.6) is 0 Å². The van der Waals surface area contributed by atoms with Gasteiger partial charge in [0.25, 0.3) is 0 Å². The van der Waals surface area contributed by atoms with Crippen molar-refractivity contribution in [3.05, 3.63) is 35.4 Å². The zero-order chi connectivity index (χ0) is 17.5. The molecule has 0 aliphatic heterocycles. The van der Waals surface area contributed by atoms with E-state index in [1.54, 1.807) is 5.56 Å². The summed E-state index contributed by atoms with van der Waals surface area (Å²) >= 11 is 0. The molecule has 4 aliphatic carbocycles. The van der Waals surface area contributed by atoms with Gasteiger partial charge in [-0.25, -0.2) is 0 Å². The highest BCUT2D eigenvalue weighted by atomic mass is 16.1. The summed E-state index contributed by atoms with van der Waals surface area (Å²) in [7, 11) is 0. The van der Waals surface area contributed by atoms with Gasteiger partial charge in [0, 0.05) is 13.0 Å². The highest BCUT2D eigenvalue weighted by Crippen LogP contribution is 2.65. The molecule has 1 amide bonds. The van der Waals surface area contributed by atoms with Gasteiger partial charge in [-0.2, -0.15) is 0 Å². The zero-order valence-corrected chi connectivity index (χ0v) is 15.9. The Balaban J connectivity index is 1.53. The molecule has 1 N–H and O–H groups in total. The molecule has 0 aromatic heterocycles. The fourth-order valence-corrected chi connectivity index (χ4v) is 6.62. The number of unbranched alkanes of at least 4 members (excludes halogenated alkanes) is 1. The number of amides is 1. The molecule has 5 rings (SSSR count). The lowest BCUT2D eigenvalue weighted by atomic mass is 9.43. The average Bonchev–Trinajstić information content (AvgIpc) is 2.57. The molecule has 25 heavy (non-hydrogen) atoms. The summed E-state index contributed by atoms with van der Waals surface area (Å²) < 4.78 is 0. The number of nitrogens with one attached hydrogen (secondary N) is 1. The summed E-state index contributed by atoms with van der Waals surface area (Å²) in [6, 6.07) is 9.34. The second kappa shape index (κ2) is 6.45. The number of carbonyl (C=O) groups excluding carboxylic acids is 1. The molecular formula is C23H33NO. The minimum atomic E-state index is 0.266. The Labute approximate surface area is 152 Å². The van der Waals surface area contributed by atoms with E-state index in [1.807, 2.05) is 0 Å². The lowest BCUT2D eigenvalue weighted by Gasteiger charge is -2.62. The standard InChI is InChI=1S/C23H33NO/c1-3-4-5-21(25)24-16-22-11-18-10-19(12-22)14-23(13-18,15-22)20-8-6-17(2)7-9-20/h6-9,18-19H,3-5,10-16H2,1-2H3,(H,24,25). The van der Waals surface area contributed by atoms with Crippen molar-refractivity contribution in [1.82, 2.24) is 5.32 Å². The van der Waals surface area contributed by atoms with Crippen LogP contribution in [0.15, 0.2) is 24.3 Å². The molecule has 1 aromatic carbocycles. The van der Waals surface area contributed by atoms with Gasteiger partial charge < -0.3 is 5.32 Å². The van der Waals surface area contributed by atoms with Crippen LogP contribution in [-0.4, -0.2) is 12.5 Å². The maximum atomic E-state index is 12.2. The lowest BCUT2D eigenvalue weighted by molar-refractivity contribution is -0.124. The highest BCUT2D eigenvalue weighted by Gasteiger charge is 2.57. The van der Waals surface area contributed by atoms with Gasteiger partial charge in [0.15, 0.2) is 0 Å². The van der Waals surface area contributed by atoms with Crippen LogP contribution in [0.4, 0.5) is 0 Å². The molecule has 0 heterocycles. The molecule has 2 heteroatoms. The van der Waals surface area contributed by atoms with Crippen molar-refractivity contribution < 1.29 is 4.79 Å². The molecule has 0 spiro atoms. The maximum absolute atomic E-state index is 12.2. The Morgan fingerprint density at radius 2 is 1.80 bits per heavy atom. The Bertz CT molecular complexity index is 618. The van der Waals surface area contributed by atoms with Gasteiger partial charge in [0.1, 0.15) is 0 Å². The molecule has 136 valence electrons. The van der Waals surface area contributed by atoms with E-state index in [4.69, 9.17) is 0 Å². The predicted octanol–water partition coefficient (Wildman–Crippen LogP) is 5.14. The Kier molecular flexibility index (Phi) is 4.42. The largest absolute Gasteiger partial charge is 0.356 e. The third-order valence-corrected chi connectivity index (χ3v) is 7.26. The fourth-order valence-electron chi connectivity index (χ4n) is 6.62. The van der Waals surface area contributed by atoms with Crippen LogP contribution in [0.2, 0.25) is 0 Å². The van der Waals surface area contributed by atoms with E-state index >= 15 is 0 Å². The number of hydrogen-bond acceptors (Lipinski definition) is 1. The molecular weight excluding hydrogens is 306 g/mol. The van der Waals surface area contributed by atoms with Crippen LogP contribution < -0.4 is 5.32 Å². The van der Waals surface area contributed by atoms with Crippen LogP contribution in [0, 0.1) is 24.2 Å². The molecule has 4 aliphatic rings. The molecule has 0 saturated heterocycles. The first kappa shape index (κ1) is 17.1. The summed E-state index contributed by atoms with van der Waals surface area (Å²) in [4.78, 5) is 12.2. The van der Waals surface area contributed by atoms with Crippen LogP contribution >= 0.6 is 0 Å². The van der Waals surface area contributed by atoms with E-state index in [9.17, 15) is 4.79 Å². The topological polar surface area (TPSA) is 29.1 Å². The normalized spacial score (nSPS) is 35.8. The predicted molar refractivity (Wildman–Crippen MR) is 103 cm³/mol. The molecule has 1 aromatic rings. The first-order valence-corrected chi connectivity index (χ1v) is 10.4. The third-order valence-electron chi connectivity index (χ3n) is 7.26. The van der Waals surface area contributed by atoms with Crippen molar-refractivity contribution in [1.29, 1.82) is 0 Å². The van der Waals surface area contributed by atoms with Crippen LogP contribution in [0.1, 0.15) is 75.8 Å². The Morgan fingerprint density at radius 3 is 2.44 bits per heavy atom. The second-order valence-corrected chi connectivity index (χ2v) is 9.49. The van der Waals surface area contributed by atoms with Gasteiger partial charge in [0.2, 0.25) is 5.91 Å². The van der Waals surface area contributed by atoms with Crippen molar-refractivity contribution in [3.63, 3.8) is 0 Å². The number of hydrogen-bond donors (Lipinski definition) is 1. The SMILES string of the molecule is CCCCC(=O)NCC12CC3CC(C1)CC(c1ccc(C)cc1)(C3)C2. The van der Waals surface area contributed by atoms with Crippen LogP contribution in [-0.2, 0) is 10.2 Å². The molecule has 0 radical (unpaired) electrons. The van der Waals surface area contributed by atoms with Crippen LogP contribution in [0.3, 0.4) is 0 Å². The van der Waals surface area contributed by atoms with Crippen molar-refractivity contribution in [2.24, 2.45) is 17.3 Å². The smallest absolute Gasteiger partial charge is 0.220 e. The van der Waals surface area contributed by atoms with E-state index in [2.05, 4.69) is 43.4 Å². The monoisotopic (exact) mass is 339 g/mol. The summed E-state index contributed by atoms with van der Waals surface area (Å²) in [5, 5.41) is 3.31. The van der Waals surface area contributed by atoms with Crippen LogP contribution in [0.25, 0.3) is 0 Å². The molecule has 4 fully saturated rings. The van der Waals surface area contributed by atoms with Gasteiger partial charge in [-0.1, -0.05) is 43.2 Å². The van der Waals surface area contributed by atoms with Gasteiger partial charge in [-0.15, -0.1) is 0 Å². The van der Waals surface area contributed by atoms with E-state index in [1.165, 1.54) is 44.1 Å². The van der Waals surface area contributed by atoms with E-state index in [-0.39, 0.29) is 5.91 Å². The van der Waals surface area contributed by atoms with E-state index in [0.29, 0.717) is 17.3 Å². The van der Waals surface area contributed by atoms with Gasteiger partial charge in [0.05, 0.1) is 0 Å². The van der Waals surface area contributed by atoms with Crippen molar-refractivity contribution in [3.8, 4) is 0 Å². The molecule has 2 unspecified atom stereocenters. The highest BCUT2D eigenvalue weighted by molar-refractivity contribution is 5.75. The average molecular weight is 340 g/mol. The summed E-state index contributed by atoms with van der Waals surface area (Å²) in [5.74, 6) is 2.01. The second-order valence-electron chi connectivity index (χ2n) is 9.49. The first-order chi connectivity index (χ1) is 12.0. The number of carbonyl (C=O) groups is 1. The van der Waals surface area contributed by atoms with Crippen molar-refractivity contribution in [2.75, 3.05) is 6.54 Å². The summed E-state index contributed by atoms with van der Waals surface area (Å²) in [6.45, 7) is 5.24. The van der Waals surface area contributed by atoms with E-state index < -0.39 is 0 Å². The van der Waals surface area contributed by atoms with Gasteiger partial charge in [-0.3, -0.25) is 4.79 Å². The quantitative estimate of drug-likeness (QED) is 0.764. The molecule has 2 atom stereocenters. The molecule has 4 saturated carbocycles. The minimum Gasteiger partial charge on any atom is -0.356 e. The Morgan fingerprint density at radius 1 is 1.12 bits per heavy atom. The molecule has 2 nitrogen and oxygen atoms in total. The summed E-state index contributed by atoms with van der Waals surface area (Å²) in [5.41, 5.74) is 3.66. The lowest BCUT2D eigenvalue weighted by Crippen LogP contribution is -2.57. The van der Waals surface area contributed by atoms with Crippen molar-refractivity contribution >= 4 is 5.91 Å². The molecule has 4 bridgehead atoms. The number of aryl methyl sites for hydroxylation is 1. The fraction of sp³-hybridized carbons (Fsp3) is 0.696. The Hall–Kier alpha value is -1.31. The third kappa shape index (κ3) is 3.25. The van der Waals surface area contributed by atoms with Crippen molar-refractivity contribution in [2.45, 2.75) is 77.0 Å².